The van der Waals surface area contributed by atoms with Crippen LogP contribution in [0.3, 0.4) is 0 Å². The van der Waals surface area contributed by atoms with Crippen molar-refractivity contribution in [2.24, 2.45) is 0 Å². The van der Waals surface area contributed by atoms with Crippen molar-refractivity contribution in [2.75, 3.05) is 10.6 Å². The number of hydrogen-bond acceptors (Lipinski definition) is 5. The summed E-state index contributed by atoms with van der Waals surface area (Å²) < 4.78 is 10.1. The fraction of sp³-hybridized carbons (Fsp3) is 0.250. The number of benzene rings is 2. The Morgan fingerprint density at radius 3 is 1.81 bits per heavy atom. The first-order valence-electron chi connectivity index (χ1n) is 8.32. The maximum absolute atomic E-state index is 12.3. The molecule has 142 valence electrons. The van der Waals surface area contributed by atoms with Crippen LogP contribution in [0, 0.1) is 0 Å². The highest BCUT2D eigenvalue weighted by Crippen LogP contribution is 2.17. The normalized spacial score (nSPS) is 10.7. The van der Waals surface area contributed by atoms with Gasteiger partial charge < -0.3 is 14.8 Å². The lowest BCUT2D eigenvalue weighted by Crippen LogP contribution is -2.27. The molecule has 0 aromatic heterocycles. The molecular formula is C20H22N2O5. The van der Waals surface area contributed by atoms with Crippen molar-refractivity contribution >= 4 is 29.3 Å². The van der Waals surface area contributed by atoms with Gasteiger partial charge in [0.2, 0.25) is 0 Å². The molecule has 0 saturated carbocycles. The van der Waals surface area contributed by atoms with E-state index in [1.165, 1.54) is 6.92 Å². The van der Waals surface area contributed by atoms with Crippen LogP contribution in [0.2, 0.25) is 0 Å². The summed E-state index contributed by atoms with van der Waals surface area (Å²) in [5.74, 6) is -0.360. The molecule has 0 bridgehead atoms. The van der Waals surface area contributed by atoms with E-state index in [1.54, 1.807) is 69.3 Å². The van der Waals surface area contributed by atoms with Crippen molar-refractivity contribution in [3.05, 3.63) is 54.1 Å². The number of amides is 2. The van der Waals surface area contributed by atoms with Gasteiger partial charge in [0.15, 0.2) is 0 Å². The predicted octanol–water partition coefficient (Wildman–Crippen LogP) is 4.21. The van der Waals surface area contributed by atoms with E-state index in [0.717, 1.165) is 0 Å². The van der Waals surface area contributed by atoms with E-state index in [2.05, 4.69) is 10.6 Å². The van der Waals surface area contributed by atoms with Crippen molar-refractivity contribution in [3.63, 3.8) is 0 Å². The van der Waals surface area contributed by atoms with E-state index in [4.69, 9.17) is 9.47 Å². The molecule has 0 aliphatic rings. The first-order chi connectivity index (χ1) is 12.6. The van der Waals surface area contributed by atoms with Crippen LogP contribution in [-0.2, 0) is 9.53 Å². The lowest BCUT2D eigenvalue weighted by Gasteiger charge is -2.19. The van der Waals surface area contributed by atoms with Gasteiger partial charge in [0.1, 0.15) is 11.4 Å². The van der Waals surface area contributed by atoms with E-state index >= 15 is 0 Å². The second-order valence-corrected chi connectivity index (χ2v) is 6.78. The Morgan fingerprint density at radius 1 is 0.815 bits per heavy atom. The fourth-order valence-electron chi connectivity index (χ4n) is 2.10. The third-order valence-corrected chi connectivity index (χ3v) is 3.17. The van der Waals surface area contributed by atoms with Gasteiger partial charge in [-0.15, -0.1) is 0 Å². The first kappa shape index (κ1) is 20.0. The third kappa shape index (κ3) is 6.81. The molecule has 2 aromatic carbocycles. The van der Waals surface area contributed by atoms with E-state index in [-0.39, 0.29) is 5.91 Å². The van der Waals surface area contributed by atoms with Gasteiger partial charge in [0.05, 0.1) is 0 Å². The number of nitrogens with one attached hydrogen (secondary N) is 2. The van der Waals surface area contributed by atoms with E-state index in [9.17, 15) is 14.4 Å². The van der Waals surface area contributed by atoms with Crippen LogP contribution in [0.1, 0.15) is 38.1 Å². The number of anilines is 2. The Morgan fingerprint density at radius 2 is 1.33 bits per heavy atom. The molecule has 7 nitrogen and oxygen atoms in total. The summed E-state index contributed by atoms with van der Waals surface area (Å²) in [7, 11) is 0. The molecule has 0 saturated heterocycles. The van der Waals surface area contributed by atoms with Gasteiger partial charge in [-0.1, -0.05) is 0 Å². The summed E-state index contributed by atoms with van der Waals surface area (Å²) in [6.45, 7) is 6.65. The number of carbonyl (C=O) groups excluding carboxylic acids is 3. The van der Waals surface area contributed by atoms with Crippen LogP contribution in [0.4, 0.5) is 16.2 Å². The molecule has 2 amide bonds. The Bertz CT molecular complexity index is 821. The van der Waals surface area contributed by atoms with E-state index < -0.39 is 17.7 Å². The van der Waals surface area contributed by atoms with Gasteiger partial charge in [-0.05, 0) is 69.3 Å². The Labute approximate surface area is 157 Å². The largest absolute Gasteiger partial charge is 0.444 e. The number of rotatable bonds is 4. The fourth-order valence-corrected chi connectivity index (χ4v) is 2.10. The maximum atomic E-state index is 12.3. The molecule has 0 spiro atoms. The van der Waals surface area contributed by atoms with E-state index in [1.807, 2.05) is 0 Å². The quantitative estimate of drug-likeness (QED) is 0.621. The van der Waals surface area contributed by atoms with Gasteiger partial charge in [-0.3, -0.25) is 14.9 Å². The summed E-state index contributed by atoms with van der Waals surface area (Å²) in [4.78, 5) is 34.9. The molecule has 0 aliphatic carbocycles. The minimum Gasteiger partial charge on any atom is -0.444 e. The smallest absolute Gasteiger partial charge is 0.412 e. The topological polar surface area (TPSA) is 93.7 Å². The van der Waals surface area contributed by atoms with Gasteiger partial charge in [-0.25, -0.2) is 4.79 Å². The zero-order chi connectivity index (χ0) is 20.0. The maximum Gasteiger partial charge on any atom is 0.412 e. The van der Waals surface area contributed by atoms with Crippen LogP contribution in [-0.4, -0.2) is 23.6 Å². The zero-order valence-corrected chi connectivity index (χ0v) is 15.7. The minimum atomic E-state index is -0.580. The summed E-state index contributed by atoms with van der Waals surface area (Å²) >= 11 is 0. The average Bonchev–Trinajstić information content (AvgIpc) is 2.55. The number of esters is 1. The van der Waals surface area contributed by atoms with Gasteiger partial charge >= 0.3 is 12.1 Å². The molecule has 0 radical (unpaired) electrons. The summed E-state index contributed by atoms with van der Waals surface area (Å²) in [6.07, 6.45) is -0.549. The standard InChI is InChI=1S/C20H22N2O5/c1-13(23)26-17-11-5-14(6-12-17)18(24)21-15-7-9-16(10-8-15)22-19(25)27-20(2,3)4/h5-12H,1-4H3,(H,21,24)(H,22,25). The van der Waals surface area contributed by atoms with Crippen molar-refractivity contribution < 1.29 is 23.9 Å². The van der Waals surface area contributed by atoms with E-state index in [0.29, 0.717) is 22.7 Å². The highest BCUT2D eigenvalue weighted by Gasteiger charge is 2.16. The van der Waals surface area contributed by atoms with Crippen LogP contribution >= 0.6 is 0 Å². The lowest BCUT2D eigenvalue weighted by atomic mass is 10.2. The highest BCUT2D eigenvalue weighted by molar-refractivity contribution is 6.04. The summed E-state index contributed by atoms with van der Waals surface area (Å²) in [5.41, 5.74) is 0.955. The van der Waals surface area contributed by atoms with Crippen molar-refractivity contribution in [1.29, 1.82) is 0 Å². The van der Waals surface area contributed by atoms with Crippen LogP contribution < -0.4 is 15.4 Å². The molecule has 0 fully saturated rings. The SMILES string of the molecule is CC(=O)Oc1ccc(C(=O)Nc2ccc(NC(=O)OC(C)(C)C)cc2)cc1. The first-order valence-corrected chi connectivity index (χ1v) is 8.32. The number of ether oxygens (including phenoxy) is 2. The second-order valence-electron chi connectivity index (χ2n) is 6.78. The second kappa shape index (κ2) is 8.35. The molecular weight excluding hydrogens is 348 g/mol. The molecule has 0 aliphatic heterocycles. The number of carbonyl (C=O) groups is 3. The molecule has 7 heteroatoms. The monoisotopic (exact) mass is 370 g/mol. The Kier molecular flexibility index (Phi) is 6.18. The number of hydrogen-bond donors (Lipinski definition) is 2. The van der Waals surface area contributed by atoms with Crippen LogP contribution in [0.15, 0.2) is 48.5 Å². The van der Waals surface area contributed by atoms with Crippen LogP contribution in [0.25, 0.3) is 0 Å². The van der Waals surface area contributed by atoms with Gasteiger partial charge in [0.25, 0.3) is 5.91 Å². The van der Waals surface area contributed by atoms with Crippen molar-refractivity contribution in [1.82, 2.24) is 0 Å². The summed E-state index contributed by atoms with van der Waals surface area (Å²) in [5, 5.41) is 5.36. The van der Waals surface area contributed by atoms with Gasteiger partial charge in [0, 0.05) is 23.9 Å². The molecule has 0 heterocycles. The molecule has 2 aromatic rings. The third-order valence-electron chi connectivity index (χ3n) is 3.17. The molecule has 0 unspecified atom stereocenters. The Hall–Kier alpha value is -3.35. The Balaban J connectivity index is 1.94. The lowest BCUT2D eigenvalue weighted by molar-refractivity contribution is -0.131. The van der Waals surface area contributed by atoms with Crippen LogP contribution in [0.5, 0.6) is 5.75 Å². The van der Waals surface area contributed by atoms with Crippen molar-refractivity contribution in [2.45, 2.75) is 33.3 Å². The molecule has 2 N–H and O–H groups in total. The summed E-state index contributed by atoms with van der Waals surface area (Å²) in [6, 6.07) is 12.9. The molecule has 2 rings (SSSR count). The van der Waals surface area contributed by atoms with Gasteiger partial charge in [-0.2, -0.15) is 0 Å². The molecule has 0 atom stereocenters. The average molecular weight is 370 g/mol. The highest BCUT2D eigenvalue weighted by atomic mass is 16.6. The minimum absolute atomic E-state index is 0.308. The molecule has 27 heavy (non-hydrogen) atoms. The van der Waals surface area contributed by atoms with Crippen molar-refractivity contribution in [3.8, 4) is 5.75 Å². The predicted molar refractivity (Wildman–Crippen MR) is 102 cm³/mol. The zero-order valence-electron chi connectivity index (χ0n) is 15.7.